The maximum Gasteiger partial charge on any atom is 0.397 e. The number of carbonyl (C=O) groups is 1. The third-order valence-electron chi connectivity index (χ3n) is 7.10. The van der Waals surface area contributed by atoms with Crippen LogP contribution in [-0.2, 0) is 78.3 Å². The maximum absolute atomic E-state index is 12.3. The summed E-state index contributed by atoms with van der Waals surface area (Å²) in [5.74, 6) is -2.15. The van der Waals surface area contributed by atoms with Gasteiger partial charge in [0.05, 0.1) is 13.2 Å². The number of rotatable bonds is 15. The van der Waals surface area contributed by atoms with E-state index in [0.29, 0.717) is 0 Å². The molecule has 3 aliphatic heterocycles. The number of hydrogen-bond donors (Lipinski definition) is 13. The number of nitrogens with one attached hydrogen (secondary N) is 2. The Balaban J connectivity index is 2.03. The first kappa shape index (κ1) is 43.9. The van der Waals surface area contributed by atoms with Crippen molar-refractivity contribution in [2.24, 2.45) is 0 Å². The molecule has 3 rings (SSSR count). The molecule has 3 fully saturated rings. The summed E-state index contributed by atoms with van der Waals surface area (Å²) in [4.78, 5) is 12.3. The second-order valence-electron chi connectivity index (χ2n) is 10.7. The van der Waals surface area contributed by atoms with E-state index in [4.69, 9.17) is 32.8 Å². The van der Waals surface area contributed by atoms with Gasteiger partial charge in [-0.2, -0.15) is 43.1 Å². The molecule has 13 N–H and O–H groups in total. The molecule has 0 aromatic carbocycles. The molecule has 33 heteroatoms. The van der Waals surface area contributed by atoms with E-state index in [-0.39, 0.29) is 0 Å². The third kappa shape index (κ3) is 12.0. The number of aliphatic hydroxyl groups is 6. The minimum atomic E-state index is -5.74. The first-order chi connectivity index (χ1) is 23.1. The number of carboxylic acid groups (broad SMARTS) is 1. The molecule has 0 aromatic heterocycles. The van der Waals surface area contributed by atoms with Gasteiger partial charge < -0.3 is 59.4 Å². The topological polar surface area (TPSA) is 465 Å². The molecule has 29 nitrogen and oxygen atoms in total. The van der Waals surface area contributed by atoms with Crippen LogP contribution in [0.2, 0.25) is 0 Å². The quantitative estimate of drug-likeness (QED) is 0.0681. The fourth-order valence-corrected chi connectivity index (χ4v) is 7.01. The summed E-state index contributed by atoms with van der Waals surface area (Å²) in [6.07, 6.45) is -31.8. The van der Waals surface area contributed by atoms with Gasteiger partial charge in [0.1, 0.15) is 60.9 Å². The Labute approximate surface area is 286 Å². The average molecular weight is 837 g/mol. The molecule has 0 saturated carbocycles. The third-order valence-corrected chi connectivity index (χ3v) is 9.14. The number of hydrogen-bond acceptors (Lipinski definition) is 22. The number of ether oxygens (including phenoxy) is 5. The highest BCUT2D eigenvalue weighted by atomic mass is 32.3. The standard InChI is InChI=1S/C18H32N2O27S4/c21-1-3-11(9(24)5(16(28)42-3)19-48(29,30)31)44-18-13(47-51(38,39)40)10(25)12(14(46-18)15(26)27)45-17-6(20-49(32,33)34)8(23)7(22)4(43-17)2-41-50(35,36)37/h3-14,16-25,28H,1-2H2,(H,26,27)(H,29,30,31)(H,32,33,34)(H,35,36,37)(H,38,39,40)/t3-,4-,5-,6-,7-,8-,9-,10+,11-,12+,13-,14-,16?,17-,18-/m1/s1. The summed E-state index contributed by atoms with van der Waals surface area (Å²) in [7, 11) is -21.6. The van der Waals surface area contributed by atoms with Crippen LogP contribution in [-0.4, -0.2) is 199 Å². The van der Waals surface area contributed by atoms with Crippen molar-refractivity contribution < 1.29 is 124 Å². The summed E-state index contributed by atoms with van der Waals surface area (Å²) in [5, 5.41) is 72.4. The monoisotopic (exact) mass is 836 g/mol. The first-order valence-corrected chi connectivity index (χ1v) is 19.0. The van der Waals surface area contributed by atoms with Gasteiger partial charge in [0, 0.05) is 0 Å². The van der Waals surface area contributed by atoms with E-state index in [0.717, 1.165) is 0 Å². The Hall–Kier alpha value is -1.49. The summed E-state index contributed by atoms with van der Waals surface area (Å²) < 4.78 is 165. The first-order valence-electron chi connectivity index (χ1n) is 13.4. The van der Waals surface area contributed by atoms with Crippen molar-refractivity contribution in [2.45, 2.75) is 92.0 Å². The lowest BCUT2D eigenvalue weighted by Crippen LogP contribution is -2.69. The summed E-state index contributed by atoms with van der Waals surface area (Å²) in [6, 6.07) is -4.61. The van der Waals surface area contributed by atoms with Gasteiger partial charge >= 0.3 is 47.4 Å². The zero-order valence-electron chi connectivity index (χ0n) is 24.7. The van der Waals surface area contributed by atoms with Gasteiger partial charge in [-0.05, 0) is 0 Å². The van der Waals surface area contributed by atoms with Crippen LogP contribution < -0.4 is 9.44 Å². The van der Waals surface area contributed by atoms with Crippen LogP contribution in [0.4, 0.5) is 0 Å². The molecule has 0 aliphatic carbocycles. The Morgan fingerprint density at radius 2 is 1.18 bits per heavy atom. The van der Waals surface area contributed by atoms with Crippen LogP contribution in [0, 0.1) is 0 Å². The van der Waals surface area contributed by atoms with Crippen molar-refractivity contribution in [1.29, 1.82) is 0 Å². The Bertz CT molecular complexity index is 1660. The lowest BCUT2D eigenvalue weighted by atomic mass is 9.95. The molecular formula is C18H32N2O27S4. The van der Waals surface area contributed by atoms with Crippen molar-refractivity contribution in [1.82, 2.24) is 9.44 Å². The van der Waals surface area contributed by atoms with Crippen LogP contribution >= 0.6 is 0 Å². The van der Waals surface area contributed by atoms with E-state index in [2.05, 4.69) is 8.37 Å². The molecule has 3 aliphatic rings. The van der Waals surface area contributed by atoms with Crippen molar-refractivity contribution in [3.05, 3.63) is 0 Å². The van der Waals surface area contributed by atoms with E-state index in [1.165, 1.54) is 9.44 Å². The molecule has 0 radical (unpaired) electrons. The number of aliphatic hydroxyl groups excluding tert-OH is 6. The second-order valence-corrected chi connectivity index (χ2v) is 15.2. The zero-order chi connectivity index (χ0) is 39.0. The Morgan fingerprint density at radius 3 is 1.67 bits per heavy atom. The van der Waals surface area contributed by atoms with Crippen LogP contribution in [0.25, 0.3) is 0 Å². The highest BCUT2D eigenvalue weighted by Gasteiger charge is 2.57. The summed E-state index contributed by atoms with van der Waals surface area (Å²) in [6.45, 7) is -2.55. The highest BCUT2D eigenvalue weighted by molar-refractivity contribution is 7.84. The van der Waals surface area contributed by atoms with Crippen LogP contribution in [0.3, 0.4) is 0 Å². The molecule has 3 saturated heterocycles. The Morgan fingerprint density at radius 1 is 0.627 bits per heavy atom. The predicted octanol–water partition coefficient (Wildman–Crippen LogP) is -9.03. The average Bonchev–Trinajstić information content (AvgIpc) is 2.96. The summed E-state index contributed by atoms with van der Waals surface area (Å²) >= 11 is 0. The van der Waals surface area contributed by atoms with Crippen LogP contribution in [0.5, 0.6) is 0 Å². The molecule has 300 valence electrons. The summed E-state index contributed by atoms with van der Waals surface area (Å²) in [5.41, 5.74) is 0. The van der Waals surface area contributed by atoms with Crippen molar-refractivity contribution in [3.63, 3.8) is 0 Å². The van der Waals surface area contributed by atoms with Gasteiger partial charge in [-0.15, -0.1) is 0 Å². The van der Waals surface area contributed by atoms with Crippen molar-refractivity contribution >= 4 is 47.4 Å². The molecule has 0 amide bonds. The minimum absolute atomic E-state index is 1.19. The van der Waals surface area contributed by atoms with E-state index in [1.54, 1.807) is 0 Å². The molecule has 0 bridgehead atoms. The van der Waals surface area contributed by atoms with E-state index in [9.17, 15) is 83.3 Å². The molecule has 3 heterocycles. The molecule has 1 unspecified atom stereocenters. The second kappa shape index (κ2) is 16.5. The lowest BCUT2D eigenvalue weighted by molar-refractivity contribution is -0.357. The van der Waals surface area contributed by atoms with Crippen molar-refractivity contribution in [2.75, 3.05) is 13.2 Å². The van der Waals surface area contributed by atoms with E-state index >= 15 is 0 Å². The van der Waals surface area contributed by atoms with E-state index in [1.807, 2.05) is 0 Å². The maximum atomic E-state index is 12.3. The number of carboxylic acids is 1. The van der Waals surface area contributed by atoms with Crippen molar-refractivity contribution in [3.8, 4) is 0 Å². The zero-order valence-corrected chi connectivity index (χ0v) is 27.9. The fourth-order valence-electron chi connectivity index (χ4n) is 5.02. The normalized spacial score (nSPS) is 40.2. The van der Waals surface area contributed by atoms with Gasteiger partial charge in [-0.25, -0.2) is 13.2 Å². The molecule has 0 spiro atoms. The van der Waals surface area contributed by atoms with Gasteiger partial charge in [0.15, 0.2) is 31.1 Å². The predicted molar refractivity (Wildman–Crippen MR) is 148 cm³/mol. The SMILES string of the molecule is O=C(O)[C@@H]1O[C@@H](O[C@H]2[C@H](O)[C@@H](NS(=O)(=O)O)C(O)O[C@@H]2CO)[C@H](OS(=O)(=O)O)[C@@H](O)[C@@H]1O[C@H]1O[C@H](COS(=O)(=O)O)[C@@H](O)[C@H](O)[C@H]1NS(=O)(=O)O. The van der Waals surface area contributed by atoms with Crippen LogP contribution in [0.1, 0.15) is 0 Å². The molecule has 0 aromatic rings. The van der Waals surface area contributed by atoms with Gasteiger partial charge in [0.2, 0.25) is 0 Å². The smallest absolute Gasteiger partial charge is 0.397 e. The van der Waals surface area contributed by atoms with Gasteiger partial charge in [-0.3, -0.25) is 18.2 Å². The largest absolute Gasteiger partial charge is 0.479 e. The van der Waals surface area contributed by atoms with Crippen LogP contribution in [0.15, 0.2) is 0 Å². The van der Waals surface area contributed by atoms with Gasteiger partial charge in [0.25, 0.3) is 0 Å². The molecular weight excluding hydrogens is 804 g/mol. The lowest BCUT2D eigenvalue weighted by Gasteiger charge is -2.48. The van der Waals surface area contributed by atoms with E-state index < -0.39 is 153 Å². The highest BCUT2D eigenvalue weighted by Crippen LogP contribution is 2.34. The minimum Gasteiger partial charge on any atom is -0.479 e. The fraction of sp³-hybridized carbons (Fsp3) is 0.944. The molecule has 15 atom stereocenters. The Kier molecular flexibility index (Phi) is 14.2. The number of aliphatic carboxylic acids is 1. The van der Waals surface area contributed by atoms with Gasteiger partial charge in [-0.1, -0.05) is 0 Å². The molecule has 51 heavy (non-hydrogen) atoms.